The molecule has 32 heavy (non-hydrogen) atoms. The number of nitrogens with zero attached hydrogens (tertiary/aromatic N) is 2. The number of likely N-dealkylation sites (tertiary alicyclic amines) is 1. The van der Waals surface area contributed by atoms with Gasteiger partial charge in [-0.1, -0.05) is 30.3 Å². The number of oxazole rings is 1. The summed E-state index contributed by atoms with van der Waals surface area (Å²) in [6.07, 6.45) is -0.645. The normalized spacial score (nSPS) is 15.5. The van der Waals surface area contributed by atoms with Gasteiger partial charge in [0.25, 0.3) is 0 Å². The Kier molecular flexibility index (Phi) is 6.39. The molecule has 0 aliphatic carbocycles. The Labute approximate surface area is 185 Å². The van der Waals surface area contributed by atoms with Gasteiger partial charge in [0.2, 0.25) is 11.8 Å². The number of hydrogen-bond acceptors (Lipinski definition) is 6. The van der Waals surface area contributed by atoms with Gasteiger partial charge in [-0.3, -0.25) is 4.79 Å². The summed E-state index contributed by atoms with van der Waals surface area (Å²) >= 11 is 0. The molecule has 2 heterocycles. The average molecular weight is 436 g/mol. The molecule has 4 rings (SSSR count). The maximum atomic E-state index is 12.6. The van der Waals surface area contributed by atoms with Crippen LogP contribution in [0.25, 0.3) is 11.5 Å². The van der Waals surface area contributed by atoms with Crippen LogP contribution < -0.4 is 4.74 Å². The number of aryl methyl sites for hydroxylation is 1. The second kappa shape index (κ2) is 9.55. The largest absolute Gasteiger partial charge is 0.507 e. The van der Waals surface area contributed by atoms with Crippen LogP contribution in [0.1, 0.15) is 29.9 Å². The van der Waals surface area contributed by atoms with Crippen molar-refractivity contribution in [1.29, 1.82) is 0 Å². The van der Waals surface area contributed by atoms with Crippen LogP contribution >= 0.6 is 0 Å². The van der Waals surface area contributed by atoms with E-state index in [1.807, 2.05) is 49.4 Å². The van der Waals surface area contributed by atoms with Crippen molar-refractivity contribution in [2.24, 2.45) is 0 Å². The first-order chi connectivity index (χ1) is 15.5. The highest BCUT2D eigenvalue weighted by Crippen LogP contribution is 2.23. The molecule has 1 aliphatic rings. The number of benzene rings is 2. The van der Waals surface area contributed by atoms with E-state index in [1.54, 1.807) is 12.1 Å². The van der Waals surface area contributed by atoms with Crippen LogP contribution in [0.15, 0.2) is 59.0 Å². The number of amides is 1. The summed E-state index contributed by atoms with van der Waals surface area (Å²) < 4.78 is 16.4. The molecule has 3 aromatic rings. The minimum absolute atomic E-state index is 0.158. The zero-order valence-electron chi connectivity index (χ0n) is 17.7. The molecule has 1 aliphatic heterocycles. The number of hydrogen-bond donors (Lipinski definition) is 1. The van der Waals surface area contributed by atoms with E-state index in [-0.39, 0.29) is 18.9 Å². The van der Waals surface area contributed by atoms with Crippen LogP contribution in [0.4, 0.5) is 4.79 Å². The Morgan fingerprint density at radius 2 is 1.91 bits per heavy atom. The lowest BCUT2D eigenvalue weighted by molar-refractivity contribution is -0.138. The minimum atomic E-state index is -1.37. The van der Waals surface area contributed by atoms with E-state index in [9.17, 15) is 9.59 Å². The fourth-order valence-electron chi connectivity index (χ4n) is 3.66. The van der Waals surface area contributed by atoms with Crippen molar-refractivity contribution in [3.63, 3.8) is 0 Å². The van der Waals surface area contributed by atoms with E-state index in [1.165, 1.54) is 4.90 Å². The molecule has 1 N–H and O–H groups in total. The summed E-state index contributed by atoms with van der Waals surface area (Å²) in [5, 5.41) is 8.82. The van der Waals surface area contributed by atoms with Crippen LogP contribution in [-0.4, -0.2) is 39.8 Å². The smallest absolute Gasteiger partial charge is 0.487 e. The minimum Gasteiger partial charge on any atom is -0.487 e. The van der Waals surface area contributed by atoms with E-state index in [4.69, 9.17) is 19.0 Å². The third-order valence-electron chi connectivity index (χ3n) is 5.32. The van der Waals surface area contributed by atoms with Crippen LogP contribution in [0.3, 0.4) is 0 Å². The van der Waals surface area contributed by atoms with Crippen molar-refractivity contribution in [2.75, 3.05) is 6.54 Å². The van der Waals surface area contributed by atoms with Gasteiger partial charge in [0.1, 0.15) is 23.8 Å². The summed E-state index contributed by atoms with van der Waals surface area (Å²) in [4.78, 5) is 29.4. The molecular formula is C24H24N2O6. The molecule has 8 nitrogen and oxygen atoms in total. The van der Waals surface area contributed by atoms with Crippen LogP contribution in [0.5, 0.6) is 5.75 Å². The van der Waals surface area contributed by atoms with Gasteiger partial charge in [-0.2, -0.15) is 0 Å². The number of ether oxygens (including phenoxy) is 2. The summed E-state index contributed by atoms with van der Waals surface area (Å²) in [6.45, 7) is 2.62. The molecule has 0 bridgehead atoms. The highest BCUT2D eigenvalue weighted by atomic mass is 16.7. The Hall–Kier alpha value is -3.81. The van der Waals surface area contributed by atoms with Gasteiger partial charge < -0.3 is 23.9 Å². The fraction of sp³-hybridized carbons (Fsp3) is 0.292. The standard InChI is InChI=1S/C24H24N2O6/c1-16-20(25-23(31-16)18-6-3-2-4-7-18)15-30-19-11-9-17(10-12-19)14-21(27)26-13-5-8-22(26)32-24(28)29/h2-4,6-7,9-12,22H,5,8,13-15H2,1H3,(H,28,29). The summed E-state index contributed by atoms with van der Waals surface area (Å²) in [6, 6.07) is 16.9. The van der Waals surface area contributed by atoms with Gasteiger partial charge in [0.15, 0.2) is 6.23 Å². The molecule has 166 valence electrons. The number of carbonyl (C=O) groups excluding carboxylic acids is 1. The van der Waals surface area contributed by atoms with E-state index in [0.29, 0.717) is 30.4 Å². The van der Waals surface area contributed by atoms with Gasteiger partial charge in [-0.05, 0) is 43.2 Å². The van der Waals surface area contributed by atoms with E-state index in [0.717, 1.165) is 23.2 Å². The van der Waals surface area contributed by atoms with Gasteiger partial charge in [-0.25, -0.2) is 9.78 Å². The highest BCUT2D eigenvalue weighted by molar-refractivity contribution is 5.79. The van der Waals surface area contributed by atoms with Crippen molar-refractivity contribution in [3.05, 3.63) is 71.6 Å². The Morgan fingerprint density at radius 1 is 1.16 bits per heavy atom. The lowest BCUT2D eigenvalue weighted by Crippen LogP contribution is -2.39. The topological polar surface area (TPSA) is 102 Å². The van der Waals surface area contributed by atoms with Crippen LogP contribution in [0, 0.1) is 6.92 Å². The molecule has 0 saturated carbocycles. The third kappa shape index (κ3) is 5.08. The van der Waals surface area contributed by atoms with E-state index in [2.05, 4.69) is 4.98 Å². The number of carbonyl (C=O) groups is 2. The SMILES string of the molecule is Cc1oc(-c2ccccc2)nc1COc1ccc(CC(=O)N2CCCC2OC(=O)O)cc1. The molecule has 1 unspecified atom stereocenters. The Balaban J connectivity index is 1.33. The predicted octanol–water partition coefficient (Wildman–Crippen LogP) is 4.41. The maximum absolute atomic E-state index is 12.6. The van der Waals surface area contributed by atoms with Gasteiger partial charge >= 0.3 is 6.16 Å². The third-order valence-corrected chi connectivity index (χ3v) is 5.32. The molecule has 1 atom stereocenters. The lowest BCUT2D eigenvalue weighted by Gasteiger charge is -2.23. The quantitative estimate of drug-likeness (QED) is 0.547. The second-order valence-electron chi connectivity index (χ2n) is 7.57. The molecule has 2 aromatic carbocycles. The molecular weight excluding hydrogens is 412 g/mol. The first-order valence-electron chi connectivity index (χ1n) is 10.4. The summed E-state index contributed by atoms with van der Waals surface area (Å²) in [7, 11) is 0. The second-order valence-corrected chi connectivity index (χ2v) is 7.57. The van der Waals surface area contributed by atoms with Crippen LogP contribution in [-0.2, 0) is 22.6 Å². The van der Waals surface area contributed by atoms with Gasteiger partial charge in [0.05, 0.1) is 6.42 Å². The van der Waals surface area contributed by atoms with Crippen molar-refractivity contribution >= 4 is 12.1 Å². The summed E-state index contributed by atoms with van der Waals surface area (Å²) in [5.41, 5.74) is 2.44. The van der Waals surface area contributed by atoms with E-state index < -0.39 is 12.4 Å². The zero-order chi connectivity index (χ0) is 22.5. The maximum Gasteiger partial charge on any atom is 0.507 e. The average Bonchev–Trinajstić information content (AvgIpc) is 3.40. The zero-order valence-corrected chi connectivity index (χ0v) is 17.7. The Morgan fingerprint density at radius 3 is 2.62 bits per heavy atom. The first kappa shape index (κ1) is 21.4. The van der Waals surface area contributed by atoms with E-state index >= 15 is 0 Å². The molecule has 8 heteroatoms. The lowest BCUT2D eigenvalue weighted by atomic mass is 10.1. The molecule has 1 fully saturated rings. The van der Waals surface area contributed by atoms with Crippen molar-refractivity contribution in [3.8, 4) is 17.2 Å². The van der Waals surface area contributed by atoms with Gasteiger partial charge in [-0.15, -0.1) is 0 Å². The number of carboxylic acid groups (broad SMARTS) is 1. The highest BCUT2D eigenvalue weighted by Gasteiger charge is 2.31. The molecule has 0 radical (unpaired) electrons. The monoisotopic (exact) mass is 436 g/mol. The van der Waals surface area contributed by atoms with Crippen molar-refractivity contribution in [1.82, 2.24) is 9.88 Å². The van der Waals surface area contributed by atoms with Crippen LogP contribution in [0.2, 0.25) is 0 Å². The van der Waals surface area contributed by atoms with Crippen molar-refractivity contribution in [2.45, 2.75) is 39.0 Å². The fourth-order valence-corrected chi connectivity index (χ4v) is 3.66. The first-order valence-corrected chi connectivity index (χ1v) is 10.4. The van der Waals surface area contributed by atoms with Crippen molar-refractivity contribution < 1.29 is 28.6 Å². The molecule has 1 amide bonds. The number of rotatable bonds is 7. The molecule has 1 saturated heterocycles. The van der Waals surface area contributed by atoms with Gasteiger partial charge in [0, 0.05) is 18.5 Å². The Bertz CT molecular complexity index is 1080. The molecule has 1 aromatic heterocycles. The molecule has 0 spiro atoms. The number of aromatic nitrogens is 1. The predicted molar refractivity (Wildman–Crippen MR) is 115 cm³/mol. The summed E-state index contributed by atoms with van der Waals surface area (Å²) in [5.74, 6) is 1.75.